The van der Waals surface area contributed by atoms with E-state index in [4.69, 9.17) is 9.47 Å². The summed E-state index contributed by atoms with van der Waals surface area (Å²) in [6.07, 6.45) is 2.14. The van der Waals surface area contributed by atoms with Crippen LogP contribution < -0.4 is 20.3 Å². The third-order valence-corrected chi connectivity index (χ3v) is 4.85. The quantitative estimate of drug-likeness (QED) is 0.683. The molecule has 1 amide bonds. The van der Waals surface area contributed by atoms with E-state index in [2.05, 4.69) is 10.3 Å². The predicted octanol–water partition coefficient (Wildman–Crippen LogP) is 1.83. The van der Waals surface area contributed by atoms with Crippen LogP contribution >= 0.6 is 11.3 Å². The Balaban J connectivity index is 1.74. The van der Waals surface area contributed by atoms with Crippen LogP contribution in [0.5, 0.6) is 11.5 Å². The van der Waals surface area contributed by atoms with Gasteiger partial charge in [0.05, 0.1) is 31.4 Å². The minimum Gasteiger partial charge on any atom is -0.493 e. The van der Waals surface area contributed by atoms with Crippen molar-refractivity contribution in [3.63, 3.8) is 0 Å². The van der Waals surface area contributed by atoms with Crippen molar-refractivity contribution in [3.8, 4) is 11.5 Å². The smallest absolute Gasteiger partial charge is 0.261 e. The SMILES string of the molecule is COc1cc2ncn(CC(=O)NCCc3cccs3)c(=O)c2cc1OC. The summed E-state index contributed by atoms with van der Waals surface area (Å²) in [5.41, 5.74) is 0.186. The Labute approximate surface area is 154 Å². The fourth-order valence-electron chi connectivity index (χ4n) is 2.59. The summed E-state index contributed by atoms with van der Waals surface area (Å²) in [5, 5.41) is 5.19. The van der Waals surface area contributed by atoms with Crippen LogP contribution in [0.2, 0.25) is 0 Å². The van der Waals surface area contributed by atoms with E-state index in [0.717, 1.165) is 6.42 Å². The Morgan fingerprint density at radius 3 is 2.73 bits per heavy atom. The van der Waals surface area contributed by atoms with Crippen molar-refractivity contribution >= 4 is 28.1 Å². The van der Waals surface area contributed by atoms with Crippen LogP contribution in [-0.4, -0.2) is 36.2 Å². The lowest BCUT2D eigenvalue weighted by Gasteiger charge is -2.10. The number of fused-ring (bicyclic) bond motifs is 1. The Morgan fingerprint density at radius 1 is 1.27 bits per heavy atom. The van der Waals surface area contributed by atoms with Gasteiger partial charge in [0.15, 0.2) is 11.5 Å². The lowest BCUT2D eigenvalue weighted by molar-refractivity contribution is -0.121. The van der Waals surface area contributed by atoms with Crippen LogP contribution in [0.1, 0.15) is 4.88 Å². The standard InChI is InChI=1S/C18H19N3O4S/c1-24-15-8-13-14(9-16(15)25-2)20-11-21(18(13)23)10-17(22)19-6-5-12-4-3-7-26-12/h3-4,7-9,11H,5-6,10H2,1-2H3,(H,19,22). The highest BCUT2D eigenvalue weighted by atomic mass is 32.1. The first-order chi connectivity index (χ1) is 12.6. The summed E-state index contributed by atoms with van der Waals surface area (Å²) < 4.78 is 11.7. The van der Waals surface area contributed by atoms with Crippen LogP contribution in [0.3, 0.4) is 0 Å². The van der Waals surface area contributed by atoms with Gasteiger partial charge in [-0.1, -0.05) is 6.07 Å². The fourth-order valence-corrected chi connectivity index (χ4v) is 3.30. The maximum atomic E-state index is 12.6. The zero-order valence-corrected chi connectivity index (χ0v) is 15.3. The van der Waals surface area contributed by atoms with E-state index in [0.29, 0.717) is 28.9 Å². The molecule has 0 aliphatic heterocycles. The van der Waals surface area contributed by atoms with Gasteiger partial charge in [-0.15, -0.1) is 11.3 Å². The summed E-state index contributed by atoms with van der Waals surface area (Å²) in [4.78, 5) is 30.2. The van der Waals surface area contributed by atoms with E-state index in [1.54, 1.807) is 23.5 Å². The van der Waals surface area contributed by atoms with Gasteiger partial charge in [-0.3, -0.25) is 14.2 Å². The van der Waals surface area contributed by atoms with E-state index in [-0.39, 0.29) is 18.0 Å². The molecule has 0 saturated heterocycles. The maximum absolute atomic E-state index is 12.6. The molecule has 0 fully saturated rings. The van der Waals surface area contributed by atoms with Crippen molar-refractivity contribution in [2.45, 2.75) is 13.0 Å². The molecule has 0 aliphatic rings. The lowest BCUT2D eigenvalue weighted by atomic mass is 10.2. The highest BCUT2D eigenvalue weighted by Crippen LogP contribution is 2.29. The number of nitrogens with zero attached hydrogens (tertiary/aromatic N) is 2. The van der Waals surface area contributed by atoms with E-state index in [1.165, 1.54) is 30.0 Å². The molecule has 0 radical (unpaired) electrons. The number of hydrogen-bond acceptors (Lipinski definition) is 6. The van der Waals surface area contributed by atoms with Crippen LogP contribution in [-0.2, 0) is 17.8 Å². The highest BCUT2D eigenvalue weighted by Gasteiger charge is 2.12. The Bertz CT molecular complexity index is 966. The second kappa shape index (κ2) is 8.01. The third-order valence-electron chi connectivity index (χ3n) is 3.92. The second-order valence-electron chi connectivity index (χ2n) is 5.58. The zero-order chi connectivity index (χ0) is 18.5. The van der Waals surface area contributed by atoms with E-state index in [9.17, 15) is 9.59 Å². The molecular formula is C18H19N3O4S. The van der Waals surface area contributed by atoms with Gasteiger partial charge in [0.1, 0.15) is 6.54 Å². The number of aromatic nitrogens is 2. The van der Waals surface area contributed by atoms with Gasteiger partial charge in [0, 0.05) is 17.5 Å². The molecule has 1 aromatic carbocycles. The van der Waals surface area contributed by atoms with Crippen LogP contribution in [0.4, 0.5) is 0 Å². The number of thiophene rings is 1. The number of carbonyl (C=O) groups excluding carboxylic acids is 1. The van der Waals surface area contributed by atoms with Crippen molar-refractivity contribution < 1.29 is 14.3 Å². The van der Waals surface area contributed by atoms with Crippen molar-refractivity contribution in [3.05, 3.63) is 51.2 Å². The summed E-state index contributed by atoms with van der Waals surface area (Å²) in [5.74, 6) is 0.707. The Morgan fingerprint density at radius 2 is 2.04 bits per heavy atom. The van der Waals surface area contributed by atoms with Crippen LogP contribution in [0.15, 0.2) is 40.8 Å². The third kappa shape index (κ3) is 3.85. The van der Waals surface area contributed by atoms with Gasteiger partial charge in [0.2, 0.25) is 5.91 Å². The first kappa shape index (κ1) is 17.9. The molecule has 0 aliphatic carbocycles. The molecule has 1 N–H and O–H groups in total. The number of ether oxygens (including phenoxy) is 2. The molecule has 0 spiro atoms. The molecule has 136 valence electrons. The summed E-state index contributed by atoms with van der Waals surface area (Å²) in [6.45, 7) is 0.445. The predicted molar refractivity (Wildman–Crippen MR) is 100 cm³/mol. The number of methoxy groups -OCH3 is 2. The second-order valence-corrected chi connectivity index (χ2v) is 6.61. The molecule has 0 bridgehead atoms. The number of rotatable bonds is 7. The van der Waals surface area contributed by atoms with Gasteiger partial charge < -0.3 is 14.8 Å². The normalized spacial score (nSPS) is 10.7. The van der Waals surface area contributed by atoms with Crippen molar-refractivity contribution in [1.82, 2.24) is 14.9 Å². The first-order valence-electron chi connectivity index (χ1n) is 8.02. The molecule has 0 atom stereocenters. The Kier molecular flexibility index (Phi) is 5.52. The summed E-state index contributed by atoms with van der Waals surface area (Å²) >= 11 is 1.65. The average molecular weight is 373 g/mol. The number of hydrogen-bond donors (Lipinski definition) is 1. The van der Waals surface area contributed by atoms with Crippen molar-refractivity contribution in [2.75, 3.05) is 20.8 Å². The summed E-state index contributed by atoms with van der Waals surface area (Å²) in [6, 6.07) is 7.22. The topological polar surface area (TPSA) is 82.5 Å². The van der Waals surface area contributed by atoms with Gasteiger partial charge >= 0.3 is 0 Å². The minimum atomic E-state index is -0.302. The van der Waals surface area contributed by atoms with Gasteiger partial charge in [0.25, 0.3) is 5.56 Å². The van der Waals surface area contributed by atoms with Crippen molar-refractivity contribution in [1.29, 1.82) is 0 Å². The fraction of sp³-hybridized carbons (Fsp3) is 0.278. The van der Waals surface area contributed by atoms with Gasteiger partial charge in [-0.05, 0) is 23.9 Å². The average Bonchev–Trinajstić information content (AvgIpc) is 3.16. The molecule has 26 heavy (non-hydrogen) atoms. The highest BCUT2D eigenvalue weighted by molar-refractivity contribution is 7.09. The van der Waals surface area contributed by atoms with Crippen LogP contribution in [0, 0.1) is 0 Å². The Hall–Kier alpha value is -2.87. The molecule has 7 nitrogen and oxygen atoms in total. The van der Waals surface area contributed by atoms with E-state index in [1.807, 2.05) is 17.5 Å². The van der Waals surface area contributed by atoms with Gasteiger partial charge in [-0.25, -0.2) is 4.98 Å². The summed E-state index contributed by atoms with van der Waals surface area (Å²) in [7, 11) is 3.02. The first-order valence-corrected chi connectivity index (χ1v) is 8.90. The largest absolute Gasteiger partial charge is 0.493 e. The number of carbonyl (C=O) groups is 1. The molecule has 2 aromatic heterocycles. The number of nitrogens with one attached hydrogen (secondary N) is 1. The minimum absolute atomic E-state index is 0.0828. The monoisotopic (exact) mass is 373 g/mol. The molecule has 2 heterocycles. The maximum Gasteiger partial charge on any atom is 0.261 e. The molecule has 0 unspecified atom stereocenters. The molecule has 8 heteroatoms. The number of benzene rings is 1. The van der Waals surface area contributed by atoms with E-state index < -0.39 is 0 Å². The molecule has 3 rings (SSSR count). The molecule has 0 saturated carbocycles. The molecule has 3 aromatic rings. The van der Waals surface area contributed by atoms with Crippen LogP contribution in [0.25, 0.3) is 10.9 Å². The lowest BCUT2D eigenvalue weighted by Crippen LogP contribution is -2.33. The molecular weight excluding hydrogens is 354 g/mol. The van der Waals surface area contributed by atoms with E-state index >= 15 is 0 Å². The van der Waals surface area contributed by atoms with Gasteiger partial charge in [-0.2, -0.15) is 0 Å². The van der Waals surface area contributed by atoms with Crippen molar-refractivity contribution in [2.24, 2.45) is 0 Å². The zero-order valence-electron chi connectivity index (χ0n) is 14.5. The number of amides is 1.